The molecule has 0 N–H and O–H groups in total. The Morgan fingerprint density at radius 2 is 1.72 bits per heavy atom. The van der Waals surface area contributed by atoms with Crippen LogP contribution < -0.4 is 0 Å². The Morgan fingerprint density at radius 3 is 2.21 bits per heavy atom. The van der Waals surface area contributed by atoms with Crippen LogP contribution in [0.25, 0.3) is 10.6 Å². The number of nitrogens with zero attached hydrogens (tertiary/aromatic N) is 2. The lowest BCUT2D eigenvalue weighted by Crippen LogP contribution is -2.06. The molecule has 2 rings (SSSR count). The van der Waals surface area contributed by atoms with E-state index in [9.17, 15) is 4.79 Å². The van der Waals surface area contributed by atoms with E-state index < -0.39 is 0 Å². The van der Waals surface area contributed by atoms with Gasteiger partial charge in [-0.1, -0.05) is 90.7 Å². The van der Waals surface area contributed by atoms with Crippen molar-refractivity contribution in [2.45, 2.75) is 88.1 Å². The molecule has 2 heterocycles. The number of aromatic nitrogens is 2. The lowest BCUT2D eigenvalue weighted by atomic mass is 10.3. The third kappa shape index (κ3) is 21.5. The lowest BCUT2D eigenvalue weighted by molar-refractivity contribution is 0.0606. The van der Waals surface area contributed by atoms with E-state index in [-0.39, 0.29) is 5.97 Å². The molecule has 0 amide bonds. The van der Waals surface area contributed by atoms with Gasteiger partial charge in [-0.25, -0.2) is 4.79 Å². The van der Waals surface area contributed by atoms with Crippen molar-refractivity contribution in [2.75, 3.05) is 13.7 Å². The number of carbonyl (C=O) groups excluding carboxylic acids is 1. The summed E-state index contributed by atoms with van der Waals surface area (Å²) in [4.78, 5) is 13.0. The summed E-state index contributed by atoms with van der Waals surface area (Å²) >= 11 is 1.38. The molecule has 6 heteroatoms. The number of hydrogen-bond donors (Lipinski definition) is 0. The summed E-state index contributed by atoms with van der Waals surface area (Å²) in [5, 5.41) is 4.50. The summed E-state index contributed by atoms with van der Waals surface area (Å²) in [5.41, 5.74) is 1.87. The van der Waals surface area contributed by atoms with Gasteiger partial charge in [0.1, 0.15) is 17.2 Å². The van der Waals surface area contributed by atoms with Crippen molar-refractivity contribution < 1.29 is 14.3 Å². The Morgan fingerprint density at radius 1 is 1.08 bits per heavy atom. The van der Waals surface area contributed by atoms with Gasteiger partial charge < -0.3 is 9.47 Å². The maximum Gasteiger partial charge on any atom is 0.348 e. The van der Waals surface area contributed by atoms with Gasteiger partial charge in [0.2, 0.25) is 0 Å². The van der Waals surface area contributed by atoms with Crippen LogP contribution >= 0.6 is 11.3 Å². The maximum absolute atomic E-state index is 11.5. The molecule has 0 aliphatic rings. The van der Waals surface area contributed by atoms with Crippen LogP contribution in [0, 0.1) is 0 Å². The monoisotopic (exact) mass is 558 g/mol. The molecular weight excluding hydrogens is 504 g/mol. The quantitative estimate of drug-likeness (QED) is 0.119. The molecule has 39 heavy (non-hydrogen) atoms. The smallest absolute Gasteiger partial charge is 0.348 e. The van der Waals surface area contributed by atoms with Crippen molar-refractivity contribution in [2.24, 2.45) is 0 Å². The van der Waals surface area contributed by atoms with Crippen LogP contribution in [0.1, 0.15) is 91.2 Å². The molecule has 5 nitrogen and oxygen atoms in total. The Kier molecular flexibility index (Phi) is 30.5. The minimum atomic E-state index is -0.317. The highest BCUT2D eigenvalue weighted by Crippen LogP contribution is 2.27. The predicted molar refractivity (Wildman–Crippen MR) is 173 cm³/mol. The molecule has 0 fully saturated rings. The highest BCUT2D eigenvalue weighted by atomic mass is 32.1. The van der Waals surface area contributed by atoms with Crippen LogP contribution in [0.2, 0.25) is 0 Å². The number of hydrogen-bond acceptors (Lipinski definition) is 5. The largest absolute Gasteiger partial charge is 0.496 e. The fourth-order valence-electron chi connectivity index (χ4n) is 2.44. The topological polar surface area (TPSA) is 53.4 Å². The summed E-state index contributed by atoms with van der Waals surface area (Å²) in [6.45, 7) is 26.4. The molecule has 0 radical (unpaired) electrons. The molecule has 0 aliphatic carbocycles. The molecule has 0 saturated heterocycles. The highest BCUT2D eigenvalue weighted by molar-refractivity contribution is 7.17. The summed E-state index contributed by atoms with van der Waals surface area (Å²) in [6.07, 6.45) is 17.3. The second kappa shape index (κ2) is 29.4. The highest BCUT2D eigenvalue weighted by Gasteiger charge is 2.11. The van der Waals surface area contributed by atoms with Crippen LogP contribution in [0.4, 0.5) is 0 Å². The van der Waals surface area contributed by atoms with Gasteiger partial charge in [-0.2, -0.15) is 5.10 Å². The van der Waals surface area contributed by atoms with Crippen LogP contribution in [0.5, 0.6) is 0 Å². The Balaban J connectivity index is -0.000000630. The van der Waals surface area contributed by atoms with Crippen molar-refractivity contribution in [3.8, 4) is 10.6 Å². The Labute approximate surface area is 243 Å². The van der Waals surface area contributed by atoms with Gasteiger partial charge in [0.15, 0.2) is 0 Å². The van der Waals surface area contributed by atoms with Gasteiger partial charge in [-0.15, -0.1) is 11.3 Å². The van der Waals surface area contributed by atoms with E-state index in [1.807, 2.05) is 77.6 Å². The van der Waals surface area contributed by atoms with Crippen molar-refractivity contribution in [3.05, 3.63) is 90.2 Å². The van der Waals surface area contributed by atoms with Crippen molar-refractivity contribution in [1.82, 2.24) is 9.78 Å². The van der Waals surface area contributed by atoms with Crippen molar-refractivity contribution >= 4 is 17.3 Å². The number of esters is 1. The fourth-order valence-corrected chi connectivity index (χ4v) is 3.33. The third-order valence-corrected chi connectivity index (χ3v) is 5.51. The zero-order chi connectivity index (χ0) is 30.5. The van der Waals surface area contributed by atoms with Crippen molar-refractivity contribution in [3.63, 3.8) is 0 Å². The fraction of sp³-hybridized carbons (Fsp3) is 0.455. The Bertz CT molecular complexity index is 965. The summed E-state index contributed by atoms with van der Waals surface area (Å²) in [6, 6.07) is 5.58. The standard InChI is InChI=1S/C16H20N2O3S.C8H14.C5H8.2C2H6/c1-4-12(5-2)21-11-10-18-9-8-13(17-18)14-6-7-15(22-14)16(19)20-3;1-3-5-7-8-6-4-2;1-4-5(2)3;2*1-2/h4,6-9H,5,10-11H2,1-3H3;3,5-6,8H,4,7H2,1-2H3;4H,1-2H2,3H3;2*1-2H3/b12-4+;5-3-,8-6-;;;. The summed E-state index contributed by atoms with van der Waals surface area (Å²) in [5.74, 6) is 0.677. The minimum Gasteiger partial charge on any atom is -0.496 e. The second-order valence-electron chi connectivity index (χ2n) is 7.31. The molecular formula is C33H54N2O3S. The molecule has 0 saturated carbocycles. The molecule has 220 valence electrons. The zero-order valence-electron chi connectivity index (χ0n) is 26.3. The third-order valence-electron chi connectivity index (χ3n) is 4.42. The number of allylic oxidation sites excluding steroid dienone is 8. The van der Waals surface area contributed by atoms with E-state index in [0.717, 1.165) is 41.2 Å². The number of ether oxygens (including phenoxy) is 2. The average molecular weight is 559 g/mol. The molecule has 0 aromatic carbocycles. The molecule has 0 unspecified atom stereocenters. The van der Waals surface area contributed by atoms with Gasteiger partial charge in [0.05, 0.1) is 24.3 Å². The van der Waals surface area contributed by atoms with E-state index in [1.165, 1.54) is 18.4 Å². The van der Waals surface area contributed by atoms with Gasteiger partial charge in [-0.3, -0.25) is 4.68 Å². The van der Waals surface area contributed by atoms with Crippen LogP contribution in [0.15, 0.2) is 85.3 Å². The first-order valence-electron chi connectivity index (χ1n) is 13.9. The lowest BCUT2D eigenvalue weighted by Gasteiger charge is -2.07. The molecule has 0 atom stereocenters. The first-order chi connectivity index (χ1) is 18.9. The number of carbonyl (C=O) groups is 1. The number of thiophene rings is 1. The van der Waals surface area contributed by atoms with Gasteiger partial charge in [0.25, 0.3) is 0 Å². The maximum atomic E-state index is 11.5. The van der Waals surface area contributed by atoms with E-state index in [4.69, 9.17) is 9.47 Å². The molecule has 0 aliphatic heterocycles. The number of rotatable bonds is 11. The Hall–Kier alpha value is -3.12. The SMILES string of the molecule is C/C=C(\CC)OCCn1ccc(-c2ccc(C(=O)OC)s2)n1.C/C=C\C/C=C\CC.C=CC(=C)C.CC.CC. The van der Waals surface area contributed by atoms with Gasteiger partial charge in [0, 0.05) is 12.6 Å². The van der Waals surface area contributed by atoms with E-state index in [1.54, 1.807) is 12.1 Å². The van der Waals surface area contributed by atoms with Gasteiger partial charge in [-0.05, 0) is 57.9 Å². The number of methoxy groups -OCH3 is 1. The molecule has 2 aromatic heterocycles. The zero-order valence-corrected chi connectivity index (χ0v) is 27.1. The van der Waals surface area contributed by atoms with Crippen LogP contribution in [-0.2, 0) is 16.0 Å². The van der Waals surface area contributed by atoms with Gasteiger partial charge >= 0.3 is 5.97 Å². The van der Waals surface area contributed by atoms with Crippen LogP contribution in [0.3, 0.4) is 0 Å². The molecule has 2 aromatic rings. The summed E-state index contributed by atoms with van der Waals surface area (Å²) < 4.78 is 12.2. The average Bonchev–Trinajstić information content (AvgIpc) is 3.66. The first kappa shape index (κ1) is 40.4. The molecule has 0 spiro atoms. The first-order valence-corrected chi connectivity index (χ1v) is 14.7. The van der Waals surface area contributed by atoms with Crippen LogP contribution in [-0.4, -0.2) is 29.5 Å². The second-order valence-corrected chi connectivity index (χ2v) is 8.40. The van der Waals surface area contributed by atoms with Crippen molar-refractivity contribution in [1.29, 1.82) is 0 Å². The summed E-state index contributed by atoms with van der Waals surface area (Å²) in [7, 11) is 1.38. The van der Waals surface area contributed by atoms with E-state index in [0.29, 0.717) is 18.0 Å². The van der Waals surface area contributed by atoms with E-state index in [2.05, 4.69) is 56.4 Å². The normalized spacial score (nSPS) is 10.1. The predicted octanol–water partition coefficient (Wildman–Crippen LogP) is 10.4. The molecule has 0 bridgehead atoms. The van der Waals surface area contributed by atoms with E-state index >= 15 is 0 Å². The minimum absolute atomic E-state index is 0.317.